The van der Waals surface area contributed by atoms with Crippen molar-refractivity contribution in [3.05, 3.63) is 83.9 Å². The molecular weight excluding hydrogens is 305 g/mol. The Balaban J connectivity index is 1.65. The number of carbonyl (C=O) groups is 1. The number of amides is 1. The van der Waals surface area contributed by atoms with Gasteiger partial charge in [-0.2, -0.15) is 5.10 Å². The number of hydrogen-bond acceptors (Lipinski definition) is 2. The molecule has 0 fully saturated rings. The highest BCUT2D eigenvalue weighted by molar-refractivity contribution is 5.78. The van der Waals surface area contributed by atoms with E-state index in [1.807, 2.05) is 36.5 Å². The van der Waals surface area contributed by atoms with Gasteiger partial charge in [0.2, 0.25) is 5.91 Å². The van der Waals surface area contributed by atoms with Gasteiger partial charge in [0, 0.05) is 25.4 Å². The van der Waals surface area contributed by atoms with Crippen molar-refractivity contribution in [1.29, 1.82) is 0 Å². The minimum absolute atomic E-state index is 0.0516. The Morgan fingerprint density at radius 1 is 1.12 bits per heavy atom. The van der Waals surface area contributed by atoms with Crippen LogP contribution in [0.3, 0.4) is 0 Å². The number of halogens is 1. The summed E-state index contributed by atoms with van der Waals surface area (Å²) in [4.78, 5) is 13.9. The second-order valence-corrected chi connectivity index (χ2v) is 5.65. The van der Waals surface area contributed by atoms with E-state index in [9.17, 15) is 9.18 Å². The van der Waals surface area contributed by atoms with E-state index >= 15 is 0 Å². The number of likely N-dealkylation sites (N-methyl/N-ethyl adjacent to an activating group) is 1. The Hall–Kier alpha value is -2.95. The SMILES string of the molecule is CN(Cc1cnn(-c2ccccc2)c1)C(=O)Cc1ccccc1F. The van der Waals surface area contributed by atoms with Crippen molar-refractivity contribution >= 4 is 5.91 Å². The van der Waals surface area contributed by atoms with Crippen LogP contribution in [0.25, 0.3) is 5.69 Å². The molecule has 5 heteroatoms. The minimum Gasteiger partial charge on any atom is -0.341 e. The molecule has 1 aromatic heterocycles. The molecule has 0 radical (unpaired) electrons. The van der Waals surface area contributed by atoms with Crippen molar-refractivity contribution in [1.82, 2.24) is 14.7 Å². The van der Waals surface area contributed by atoms with Gasteiger partial charge in [-0.25, -0.2) is 9.07 Å². The molecule has 1 amide bonds. The van der Waals surface area contributed by atoms with Crippen molar-refractivity contribution in [3.8, 4) is 5.69 Å². The van der Waals surface area contributed by atoms with E-state index in [1.165, 1.54) is 6.07 Å². The van der Waals surface area contributed by atoms with Crippen LogP contribution in [0, 0.1) is 5.82 Å². The summed E-state index contributed by atoms with van der Waals surface area (Å²) in [5.74, 6) is -0.483. The number of aromatic nitrogens is 2. The molecule has 0 saturated heterocycles. The molecule has 4 nitrogen and oxygen atoms in total. The lowest BCUT2D eigenvalue weighted by Gasteiger charge is -2.16. The topological polar surface area (TPSA) is 38.1 Å². The first-order chi connectivity index (χ1) is 11.6. The van der Waals surface area contributed by atoms with Gasteiger partial charge < -0.3 is 4.90 Å². The van der Waals surface area contributed by atoms with Crippen LogP contribution < -0.4 is 0 Å². The van der Waals surface area contributed by atoms with E-state index in [1.54, 1.807) is 41.0 Å². The lowest BCUT2D eigenvalue weighted by Crippen LogP contribution is -2.27. The summed E-state index contributed by atoms with van der Waals surface area (Å²) in [5.41, 5.74) is 2.29. The largest absolute Gasteiger partial charge is 0.341 e. The predicted octanol–water partition coefficient (Wildman–Crippen LogP) is 3.21. The fourth-order valence-electron chi connectivity index (χ4n) is 2.47. The maximum absolute atomic E-state index is 13.6. The molecule has 24 heavy (non-hydrogen) atoms. The molecule has 0 aliphatic rings. The Morgan fingerprint density at radius 2 is 1.83 bits per heavy atom. The molecule has 0 aliphatic heterocycles. The number of carbonyl (C=O) groups excluding carboxylic acids is 1. The van der Waals surface area contributed by atoms with Gasteiger partial charge in [-0.05, 0) is 23.8 Å². The van der Waals surface area contributed by atoms with Crippen LogP contribution in [0.4, 0.5) is 4.39 Å². The number of rotatable bonds is 5. The van der Waals surface area contributed by atoms with Crippen LogP contribution in [0.5, 0.6) is 0 Å². The summed E-state index contributed by atoms with van der Waals surface area (Å²) in [6.45, 7) is 0.431. The molecule has 3 rings (SSSR count). The Labute approximate surface area is 140 Å². The van der Waals surface area contributed by atoms with Gasteiger partial charge in [0.25, 0.3) is 0 Å². The van der Waals surface area contributed by atoms with Crippen LogP contribution in [0.1, 0.15) is 11.1 Å². The molecule has 0 bridgehead atoms. The quantitative estimate of drug-likeness (QED) is 0.723. The van der Waals surface area contributed by atoms with E-state index < -0.39 is 0 Å². The first-order valence-electron chi connectivity index (χ1n) is 7.70. The van der Waals surface area contributed by atoms with E-state index in [-0.39, 0.29) is 18.1 Å². The van der Waals surface area contributed by atoms with E-state index in [0.717, 1.165) is 11.3 Å². The third kappa shape index (κ3) is 3.68. The highest BCUT2D eigenvalue weighted by atomic mass is 19.1. The van der Waals surface area contributed by atoms with Crippen molar-refractivity contribution in [2.75, 3.05) is 7.05 Å². The zero-order chi connectivity index (χ0) is 16.9. The predicted molar refractivity (Wildman–Crippen MR) is 90.1 cm³/mol. The van der Waals surface area contributed by atoms with Gasteiger partial charge in [-0.15, -0.1) is 0 Å². The summed E-state index contributed by atoms with van der Waals surface area (Å²) in [7, 11) is 1.71. The molecule has 1 heterocycles. The summed E-state index contributed by atoms with van der Waals surface area (Å²) >= 11 is 0. The second kappa shape index (κ2) is 7.08. The van der Waals surface area contributed by atoms with Crippen molar-refractivity contribution in [2.24, 2.45) is 0 Å². The third-order valence-electron chi connectivity index (χ3n) is 3.80. The molecule has 2 aromatic carbocycles. The summed E-state index contributed by atoms with van der Waals surface area (Å²) in [5, 5.41) is 4.32. The van der Waals surface area contributed by atoms with Crippen LogP contribution in [0.15, 0.2) is 67.0 Å². The van der Waals surface area contributed by atoms with E-state index in [4.69, 9.17) is 0 Å². The van der Waals surface area contributed by atoms with Crippen LogP contribution in [0.2, 0.25) is 0 Å². The molecule has 0 N–H and O–H groups in total. The molecule has 0 spiro atoms. The molecule has 0 aliphatic carbocycles. The average Bonchev–Trinajstić information content (AvgIpc) is 3.06. The molecule has 3 aromatic rings. The maximum Gasteiger partial charge on any atom is 0.227 e. The number of nitrogens with zero attached hydrogens (tertiary/aromatic N) is 3. The molecular formula is C19H18FN3O. The van der Waals surface area contributed by atoms with Gasteiger partial charge in [0.1, 0.15) is 5.82 Å². The number of hydrogen-bond donors (Lipinski definition) is 0. The zero-order valence-electron chi connectivity index (χ0n) is 13.4. The van der Waals surface area contributed by atoms with Crippen LogP contribution in [-0.4, -0.2) is 27.6 Å². The number of benzene rings is 2. The van der Waals surface area contributed by atoms with Gasteiger partial charge in [-0.1, -0.05) is 36.4 Å². The Kier molecular flexibility index (Phi) is 4.70. The standard InChI is InChI=1S/C19H18FN3O/c1-22(19(24)11-16-7-5-6-10-18(16)20)13-15-12-21-23(14-15)17-8-3-2-4-9-17/h2-10,12,14H,11,13H2,1H3. The normalized spacial score (nSPS) is 10.6. The lowest BCUT2D eigenvalue weighted by atomic mass is 10.1. The monoisotopic (exact) mass is 323 g/mol. The van der Waals surface area contributed by atoms with Crippen molar-refractivity contribution in [3.63, 3.8) is 0 Å². The van der Waals surface area contributed by atoms with Gasteiger partial charge >= 0.3 is 0 Å². The van der Waals surface area contributed by atoms with Gasteiger partial charge in [0.15, 0.2) is 0 Å². The van der Waals surface area contributed by atoms with Gasteiger partial charge in [0.05, 0.1) is 18.3 Å². The zero-order valence-corrected chi connectivity index (χ0v) is 13.4. The fourth-order valence-corrected chi connectivity index (χ4v) is 2.47. The van der Waals surface area contributed by atoms with E-state index in [0.29, 0.717) is 12.1 Å². The first-order valence-corrected chi connectivity index (χ1v) is 7.70. The smallest absolute Gasteiger partial charge is 0.227 e. The Bertz CT molecular complexity index is 829. The molecule has 0 atom stereocenters. The van der Waals surface area contributed by atoms with Gasteiger partial charge in [-0.3, -0.25) is 4.79 Å². The lowest BCUT2D eigenvalue weighted by molar-refractivity contribution is -0.129. The summed E-state index contributed by atoms with van der Waals surface area (Å²) in [6, 6.07) is 16.1. The van der Waals surface area contributed by atoms with Crippen LogP contribution >= 0.6 is 0 Å². The second-order valence-electron chi connectivity index (χ2n) is 5.65. The average molecular weight is 323 g/mol. The first kappa shape index (κ1) is 15.9. The third-order valence-corrected chi connectivity index (χ3v) is 3.80. The number of para-hydroxylation sites is 1. The molecule has 0 unspecified atom stereocenters. The highest BCUT2D eigenvalue weighted by Gasteiger charge is 2.13. The Morgan fingerprint density at radius 3 is 2.58 bits per heavy atom. The van der Waals surface area contributed by atoms with E-state index in [2.05, 4.69) is 5.10 Å². The maximum atomic E-state index is 13.6. The van der Waals surface area contributed by atoms with Crippen molar-refractivity contribution < 1.29 is 9.18 Å². The molecule has 0 saturated carbocycles. The summed E-state index contributed by atoms with van der Waals surface area (Å²) < 4.78 is 15.4. The highest BCUT2D eigenvalue weighted by Crippen LogP contribution is 2.12. The molecule has 122 valence electrons. The minimum atomic E-state index is -0.351. The fraction of sp³-hybridized carbons (Fsp3) is 0.158. The van der Waals surface area contributed by atoms with Crippen molar-refractivity contribution in [2.45, 2.75) is 13.0 Å². The summed E-state index contributed by atoms with van der Waals surface area (Å²) in [6.07, 6.45) is 3.68. The van der Waals surface area contributed by atoms with Crippen LogP contribution in [-0.2, 0) is 17.8 Å².